The SMILES string of the molecule is Cc1cc(N2CCCC(C)C2)nc(N(Cc2ccccc2)c2ccccc2)n1. The van der Waals surface area contributed by atoms with Crippen LogP contribution < -0.4 is 9.80 Å². The van der Waals surface area contributed by atoms with Gasteiger partial charge in [0.25, 0.3) is 0 Å². The van der Waals surface area contributed by atoms with Crippen LogP contribution in [0.4, 0.5) is 17.5 Å². The second kappa shape index (κ2) is 8.42. The molecule has 0 amide bonds. The van der Waals surface area contributed by atoms with E-state index in [0.29, 0.717) is 5.92 Å². The Morgan fingerprint density at radius 3 is 2.43 bits per heavy atom. The zero-order valence-electron chi connectivity index (χ0n) is 16.8. The van der Waals surface area contributed by atoms with Gasteiger partial charge >= 0.3 is 0 Å². The van der Waals surface area contributed by atoms with E-state index < -0.39 is 0 Å². The molecule has 1 saturated heterocycles. The van der Waals surface area contributed by atoms with Crippen molar-refractivity contribution in [2.24, 2.45) is 5.92 Å². The van der Waals surface area contributed by atoms with Crippen molar-refractivity contribution in [1.29, 1.82) is 0 Å². The lowest BCUT2D eigenvalue weighted by molar-refractivity contribution is 0.444. The average molecular weight is 373 g/mol. The van der Waals surface area contributed by atoms with Crippen molar-refractivity contribution in [1.82, 2.24) is 9.97 Å². The van der Waals surface area contributed by atoms with Crippen molar-refractivity contribution in [3.8, 4) is 0 Å². The molecule has 1 fully saturated rings. The first-order valence-corrected chi connectivity index (χ1v) is 10.2. The Morgan fingerprint density at radius 2 is 1.71 bits per heavy atom. The summed E-state index contributed by atoms with van der Waals surface area (Å²) in [5, 5.41) is 0. The fourth-order valence-corrected chi connectivity index (χ4v) is 3.87. The Labute approximate surface area is 167 Å². The highest BCUT2D eigenvalue weighted by molar-refractivity contribution is 5.59. The zero-order chi connectivity index (χ0) is 19.3. The minimum absolute atomic E-state index is 0.710. The molecule has 1 atom stereocenters. The van der Waals surface area contributed by atoms with Crippen molar-refractivity contribution in [3.05, 3.63) is 78.0 Å². The highest BCUT2D eigenvalue weighted by Crippen LogP contribution is 2.28. The van der Waals surface area contributed by atoms with Gasteiger partial charge in [-0.15, -0.1) is 0 Å². The zero-order valence-corrected chi connectivity index (χ0v) is 16.8. The molecule has 0 aliphatic carbocycles. The van der Waals surface area contributed by atoms with Crippen LogP contribution in [-0.2, 0) is 6.54 Å². The molecule has 1 aromatic heterocycles. The summed E-state index contributed by atoms with van der Waals surface area (Å²) in [6.45, 7) is 7.27. The first-order chi connectivity index (χ1) is 13.7. The topological polar surface area (TPSA) is 32.3 Å². The Hall–Kier alpha value is -2.88. The van der Waals surface area contributed by atoms with Crippen molar-refractivity contribution in [2.75, 3.05) is 22.9 Å². The maximum Gasteiger partial charge on any atom is 0.232 e. The van der Waals surface area contributed by atoms with Crippen LogP contribution in [0.1, 0.15) is 31.0 Å². The lowest BCUT2D eigenvalue weighted by Gasteiger charge is -2.33. The van der Waals surface area contributed by atoms with Crippen molar-refractivity contribution >= 4 is 17.5 Å². The van der Waals surface area contributed by atoms with E-state index in [9.17, 15) is 0 Å². The van der Waals surface area contributed by atoms with Gasteiger partial charge in [0.1, 0.15) is 5.82 Å². The molecule has 3 aromatic rings. The Bertz CT molecular complexity index is 895. The van der Waals surface area contributed by atoms with Crippen LogP contribution in [0.2, 0.25) is 0 Å². The fraction of sp³-hybridized carbons (Fsp3) is 0.333. The molecule has 1 unspecified atom stereocenters. The largest absolute Gasteiger partial charge is 0.356 e. The van der Waals surface area contributed by atoms with Crippen LogP contribution in [0.15, 0.2) is 66.7 Å². The standard InChI is InChI=1S/C24H28N4/c1-19-10-9-15-27(17-19)23-16-20(2)25-24(26-23)28(22-13-7-4-8-14-22)18-21-11-5-3-6-12-21/h3-8,11-14,16,19H,9-10,15,17-18H2,1-2H3. The van der Waals surface area contributed by atoms with Crippen LogP contribution in [-0.4, -0.2) is 23.1 Å². The normalized spacial score (nSPS) is 16.8. The van der Waals surface area contributed by atoms with Crippen LogP contribution in [0.3, 0.4) is 0 Å². The monoisotopic (exact) mass is 372 g/mol. The lowest BCUT2D eigenvalue weighted by atomic mass is 10.0. The fourth-order valence-electron chi connectivity index (χ4n) is 3.87. The third-order valence-corrected chi connectivity index (χ3v) is 5.30. The van der Waals surface area contributed by atoms with Gasteiger partial charge in [-0.05, 0) is 43.4 Å². The maximum absolute atomic E-state index is 5.01. The summed E-state index contributed by atoms with van der Waals surface area (Å²) in [4.78, 5) is 14.4. The number of anilines is 3. The molecule has 144 valence electrons. The van der Waals surface area contributed by atoms with E-state index in [4.69, 9.17) is 9.97 Å². The minimum atomic E-state index is 0.710. The minimum Gasteiger partial charge on any atom is -0.356 e. The maximum atomic E-state index is 5.01. The molecule has 4 heteroatoms. The predicted molar refractivity (Wildman–Crippen MR) is 116 cm³/mol. The molecule has 1 aliphatic heterocycles. The van der Waals surface area contributed by atoms with Crippen molar-refractivity contribution in [3.63, 3.8) is 0 Å². The number of aryl methyl sites for hydroxylation is 1. The smallest absolute Gasteiger partial charge is 0.232 e. The number of para-hydroxylation sites is 1. The second-order valence-electron chi connectivity index (χ2n) is 7.77. The molecule has 0 saturated carbocycles. The highest BCUT2D eigenvalue weighted by Gasteiger charge is 2.20. The average Bonchev–Trinajstić information content (AvgIpc) is 2.73. The number of hydrogen-bond acceptors (Lipinski definition) is 4. The number of benzene rings is 2. The molecule has 28 heavy (non-hydrogen) atoms. The molecular weight excluding hydrogens is 344 g/mol. The molecule has 2 aromatic carbocycles. The van der Waals surface area contributed by atoms with Gasteiger partial charge in [0.15, 0.2) is 0 Å². The molecule has 0 N–H and O–H groups in total. The summed E-state index contributed by atoms with van der Waals surface area (Å²) >= 11 is 0. The first-order valence-electron chi connectivity index (χ1n) is 10.2. The molecule has 1 aliphatic rings. The van der Waals surface area contributed by atoms with Crippen molar-refractivity contribution < 1.29 is 0 Å². The summed E-state index contributed by atoms with van der Waals surface area (Å²) < 4.78 is 0. The van der Waals surface area contributed by atoms with E-state index in [0.717, 1.165) is 42.8 Å². The van der Waals surface area contributed by atoms with E-state index in [1.165, 1.54) is 18.4 Å². The predicted octanol–water partition coefficient (Wildman–Crippen LogP) is 5.36. The van der Waals surface area contributed by atoms with Gasteiger partial charge in [0.2, 0.25) is 5.95 Å². The molecule has 0 bridgehead atoms. The molecular formula is C24H28N4. The van der Waals surface area contributed by atoms with E-state index in [1.54, 1.807) is 0 Å². The molecule has 2 heterocycles. The summed E-state index contributed by atoms with van der Waals surface area (Å²) in [5.74, 6) is 2.52. The Morgan fingerprint density at radius 1 is 1.00 bits per heavy atom. The van der Waals surface area contributed by atoms with Crippen LogP contribution in [0.5, 0.6) is 0 Å². The molecule has 0 radical (unpaired) electrons. The van der Waals surface area contributed by atoms with Crippen LogP contribution in [0, 0.1) is 12.8 Å². The van der Waals surface area contributed by atoms with E-state index in [2.05, 4.69) is 84.3 Å². The number of rotatable bonds is 5. The molecule has 0 spiro atoms. The van der Waals surface area contributed by atoms with E-state index >= 15 is 0 Å². The van der Waals surface area contributed by atoms with Gasteiger partial charge in [-0.3, -0.25) is 0 Å². The van der Waals surface area contributed by atoms with E-state index in [1.807, 2.05) is 6.07 Å². The first kappa shape index (κ1) is 18.5. The third-order valence-electron chi connectivity index (χ3n) is 5.30. The van der Waals surface area contributed by atoms with Gasteiger partial charge in [-0.1, -0.05) is 55.5 Å². The number of hydrogen-bond donors (Lipinski definition) is 0. The summed E-state index contributed by atoms with van der Waals surface area (Å²) in [6.07, 6.45) is 2.53. The molecule has 4 nitrogen and oxygen atoms in total. The van der Waals surface area contributed by atoms with Crippen LogP contribution >= 0.6 is 0 Å². The third kappa shape index (κ3) is 4.33. The van der Waals surface area contributed by atoms with Crippen molar-refractivity contribution in [2.45, 2.75) is 33.2 Å². The number of aromatic nitrogens is 2. The highest BCUT2D eigenvalue weighted by atomic mass is 15.3. The molecule has 4 rings (SSSR count). The van der Waals surface area contributed by atoms with Gasteiger partial charge in [0.05, 0.1) is 6.54 Å². The summed E-state index contributed by atoms with van der Waals surface area (Å²) in [5.41, 5.74) is 3.35. The number of nitrogens with zero attached hydrogens (tertiary/aromatic N) is 4. The second-order valence-corrected chi connectivity index (χ2v) is 7.77. The van der Waals surface area contributed by atoms with Crippen LogP contribution in [0.25, 0.3) is 0 Å². The lowest BCUT2D eigenvalue weighted by Crippen LogP contribution is -2.35. The van der Waals surface area contributed by atoms with Gasteiger partial charge < -0.3 is 9.80 Å². The Kier molecular flexibility index (Phi) is 5.56. The Balaban J connectivity index is 1.71. The summed E-state index contributed by atoms with van der Waals surface area (Å²) in [6, 6.07) is 23.1. The number of piperidine rings is 1. The van der Waals surface area contributed by atoms with Gasteiger partial charge in [-0.25, -0.2) is 4.98 Å². The van der Waals surface area contributed by atoms with E-state index in [-0.39, 0.29) is 0 Å². The quantitative estimate of drug-likeness (QED) is 0.603. The summed E-state index contributed by atoms with van der Waals surface area (Å²) in [7, 11) is 0. The van der Waals surface area contributed by atoms with Gasteiger partial charge in [-0.2, -0.15) is 4.98 Å². The van der Waals surface area contributed by atoms with Gasteiger partial charge in [0, 0.05) is 30.5 Å².